The number of carbonyl (C=O) groups excluding carboxylic acids is 2. The van der Waals surface area contributed by atoms with Gasteiger partial charge in [-0.05, 0) is 24.3 Å². The van der Waals surface area contributed by atoms with Crippen molar-refractivity contribution in [1.82, 2.24) is 0 Å². The summed E-state index contributed by atoms with van der Waals surface area (Å²) in [5.74, 6) is -0.360. The molecule has 0 aliphatic carbocycles. The van der Waals surface area contributed by atoms with Crippen molar-refractivity contribution < 1.29 is 33.3 Å². The minimum absolute atomic E-state index is 0.0280. The van der Waals surface area contributed by atoms with E-state index in [1.165, 1.54) is 40.6 Å². The molecule has 7 nitrogen and oxygen atoms in total. The van der Waals surface area contributed by atoms with E-state index < -0.39 is 11.9 Å². The van der Waals surface area contributed by atoms with Gasteiger partial charge in [-0.25, -0.2) is 9.59 Å². The molecule has 132 valence electrons. The second-order valence-corrected chi connectivity index (χ2v) is 4.78. The molecule has 2 aromatic carbocycles. The van der Waals surface area contributed by atoms with Gasteiger partial charge in [0, 0.05) is 6.07 Å². The molecule has 0 aliphatic rings. The van der Waals surface area contributed by atoms with Crippen molar-refractivity contribution in [2.24, 2.45) is 0 Å². The van der Waals surface area contributed by atoms with Crippen molar-refractivity contribution in [2.75, 3.05) is 28.4 Å². The summed E-state index contributed by atoms with van der Waals surface area (Å²) < 4.78 is 25.6. The molecule has 0 N–H and O–H groups in total. The Labute approximate surface area is 145 Å². The monoisotopic (exact) mass is 346 g/mol. The predicted octanol–water partition coefficient (Wildman–Crippen LogP) is 2.72. The van der Waals surface area contributed by atoms with Crippen molar-refractivity contribution in [2.45, 2.75) is 0 Å². The number of rotatable bonds is 6. The minimum Gasteiger partial charge on any atom is -0.497 e. The lowest BCUT2D eigenvalue weighted by Crippen LogP contribution is -2.14. The number of para-hydroxylation sites is 1. The molecule has 0 spiro atoms. The highest BCUT2D eigenvalue weighted by Gasteiger charge is 2.23. The lowest BCUT2D eigenvalue weighted by molar-refractivity contribution is 0.0591. The van der Waals surface area contributed by atoms with Crippen LogP contribution < -0.4 is 18.9 Å². The smallest absolute Gasteiger partial charge is 0.347 e. The van der Waals surface area contributed by atoms with Crippen molar-refractivity contribution in [3.63, 3.8) is 0 Å². The molecule has 0 amide bonds. The third-order valence-electron chi connectivity index (χ3n) is 3.43. The average molecular weight is 346 g/mol. The van der Waals surface area contributed by atoms with Gasteiger partial charge in [-0.2, -0.15) is 0 Å². The highest BCUT2D eigenvalue weighted by Crippen LogP contribution is 2.33. The van der Waals surface area contributed by atoms with E-state index in [1.54, 1.807) is 24.3 Å². The molecular formula is C18H18O7. The topological polar surface area (TPSA) is 80.3 Å². The maximum absolute atomic E-state index is 12.6. The van der Waals surface area contributed by atoms with Crippen LogP contribution in [0.3, 0.4) is 0 Å². The van der Waals surface area contributed by atoms with E-state index in [1.807, 2.05) is 0 Å². The van der Waals surface area contributed by atoms with Crippen molar-refractivity contribution >= 4 is 11.9 Å². The largest absolute Gasteiger partial charge is 0.497 e. The number of hydrogen-bond donors (Lipinski definition) is 0. The second-order valence-electron chi connectivity index (χ2n) is 4.78. The van der Waals surface area contributed by atoms with Crippen LogP contribution >= 0.6 is 0 Å². The van der Waals surface area contributed by atoms with Crippen LogP contribution in [0.25, 0.3) is 0 Å². The van der Waals surface area contributed by atoms with Crippen LogP contribution in [0.1, 0.15) is 20.7 Å². The van der Waals surface area contributed by atoms with Crippen molar-refractivity contribution in [3.8, 4) is 23.0 Å². The predicted molar refractivity (Wildman–Crippen MR) is 88.8 cm³/mol. The van der Waals surface area contributed by atoms with E-state index in [0.29, 0.717) is 5.75 Å². The van der Waals surface area contributed by atoms with Gasteiger partial charge in [0.1, 0.15) is 22.6 Å². The zero-order valence-corrected chi connectivity index (χ0v) is 14.3. The number of methoxy groups -OCH3 is 4. The summed E-state index contributed by atoms with van der Waals surface area (Å²) in [4.78, 5) is 24.5. The molecule has 2 rings (SSSR count). The molecule has 0 atom stereocenters. The summed E-state index contributed by atoms with van der Waals surface area (Å²) >= 11 is 0. The Hall–Kier alpha value is -3.22. The fourth-order valence-corrected chi connectivity index (χ4v) is 2.17. The number of ether oxygens (including phenoxy) is 5. The van der Waals surface area contributed by atoms with Gasteiger partial charge in [-0.1, -0.05) is 6.07 Å². The van der Waals surface area contributed by atoms with Gasteiger partial charge in [-0.15, -0.1) is 0 Å². The summed E-state index contributed by atoms with van der Waals surface area (Å²) in [5.41, 5.74) is 0.243. The Balaban J connectivity index is 2.43. The van der Waals surface area contributed by atoms with Gasteiger partial charge in [0.2, 0.25) is 0 Å². The second kappa shape index (κ2) is 8.05. The summed E-state index contributed by atoms with van der Waals surface area (Å²) in [6, 6.07) is 9.30. The first-order chi connectivity index (χ1) is 12.0. The first-order valence-corrected chi connectivity index (χ1v) is 7.25. The average Bonchev–Trinajstić information content (AvgIpc) is 2.66. The van der Waals surface area contributed by atoms with E-state index in [-0.39, 0.29) is 28.4 Å². The van der Waals surface area contributed by atoms with Crippen molar-refractivity contribution in [1.29, 1.82) is 0 Å². The van der Waals surface area contributed by atoms with Gasteiger partial charge in [-0.3, -0.25) is 0 Å². The van der Waals surface area contributed by atoms with E-state index in [4.69, 9.17) is 23.7 Å². The van der Waals surface area contributed by atoms with Crippen LogP contribution in [0.15, 0.2) is 36.4 Å². The Morgan fingerprint density at radius 1 is 0.760 bits per heavy atom. The SMILES string of the molecule is COC(=O)c1cccc(OC)c1OC(=O)c1ccc(OC)cc1OC. The van der Waals surface area contributed by atoms with E-state index in [2.05, 4.69) is 0 Å². The number of esters is 2. The fraction of sp³-hybridized carbons (Fsp3) is 0.222. The molecule has 0 saturated carbocycles. The molecule has 0 aliphatic heterocycles. The minimum atomic E-state index is -0.714. The van der Waals surface area contributed by atoms with E-state index >= 15 is 0 Å². The third kappa shape index (κ3) is 3.82. The summed E-state index contributed by atoms with van der Waals surface area (Å²) in [6.07, 6.45) is 0. The molecule has 0 bridgehead atoms. The van der Waals surface area contributed by atoms with Crippen LogP contribution in [0.2, 0.25) is 0 Å². The van der Waals surface area contributed by atoms with E-state index in [0.717, 1.165) is 0 Å². The van der Waals surface area contributed by atoms with Crippen LogP contribution in [-0.2, 0) is 4.74 Å². The van der Waals surface area contributed by atoms with Crippen LogP contribution in [-0.4, -0.2) is 40.4 Å². The van der Waals surface area contributed by atoms with Gasteiger partial charge >= 0.3 is 11.9 Å². The quantitative estimate of drug-likeness (QED) is 0.587. The Morgan fingerprint density at radius 3 is 2.08 bits per heavy atom. The molecule has 2 aromatic rings. The molecule has 0 unspecified atom stereocenters. The van der Waals surface area contributed by atoms with Crippen molar-refractivity contribution in [3.05, 3.63) is 47.5 Å². The molecule has 25 heavy (non-hydrogen) atoms. The zero-order valence-electron chi connectivity index (χ0n) is 14.3. The number of carbonyl (C=O) groups is 2. The molecule has 0 aromatic heterocycles. The van der Waals surface area contributed by atoms with Crippen LogP contribution in [0.5, 0.6) is 23.0 Å². The van der Waals surface area contributed by atoms with Gasteiger partial charge < -0.3 is 23.7 Å². The maximum Gasteiger partial charge on any atom is 0.347 e. The Morgan fingerprint density at radius 2 is 1.48 bits per heavy atom. The lowest BCUT2D eigenvalue weighted by atomic mass is 10.1. The highest BCUT2D eigenvalue weighted by molar-refractivity contribution is 5.98. The fourth-order valence-electron chi connectivity index (χ4n) is 2.17. The number of hydrogen-bond acceptors (Lipinski definition) is 7. The standard InChI is InChI=1S/C18H18O7/c1-21-11-8-9-12(15(10-11)23-3)18(20)25-16-13(17(19)24-4)6-5-7-14(16)22-2/h5-10H,1-4H3. The van der Waals surface area contributed by atoms with E-state index in [9.17, 15) is 9.59 Å². The third-order valence-corrected chi connectivity index (χ3v) is 3.43. The lowest BCUT2D eigenvalue weighted by Gasteiger charge is -2.14. The zero-order chi connectivity index (χ0) is 18.4. The molecule has 0 saturated heterocycles. The molecule has 0 fully saturated rings. The Bertz CT molecular complexity index is 783. The first kappa shape index (κ1) is 18.1. The van der Waals surface area contributed by atoms with Gasteiger partial charge in [0.15, 0.2) is 11.5 Å². The summed E-state index contributed by atoms with van der Waals surface area (Å²) in [5, 5.41) is 0. The maximum atomic E-state index is 12.6. The van der Waals surface area contributed by atoms with Crippen LogP contribution in [0, 0.1) is 0 Å². The highest BCUT2D eigenvalue weighted by atomic mass is 16.6. The van der Waals surface area contributed by atoms with Gasteiger partial charge in [0.25, 0.3) is 0 Å². The van der Waals surface area contributed by atoms with Crippen LogP contribution in [0.4, 0.5) is 0 Å². The summed E-state index contributed by atoms with van der Waals surface area (Å²) in [6.45, 7) is 0. The van der Waals surface area contributed by atoms with Gasteiger partial charge in [0.05, 0.1) is 28.4 Å². The molecule has 7 heteroatoms. The summed E-state index contributed by atoms with van der Waals surface area (Å²) in [7, 11) is 5.57. The first-order valence-electron chi connectivity index (χ1n) is 7.25. The molecule has 0 radical (unpaired) electrons. The molecular weight excluding hydrogens is 328 g/mol. The Kier molecular flexibility index (Phi) is 5.84. The molecule has 0 heterocycles. The normalized spacial score (nSPS) is 9.92. The number of benzene rings is 2.